The molecular formula is C24H21F3N6O2. The molecule has 11 heteroatoms. The Bertz CT molecular complexity index is 1290. The average Bonchev–Trinajstić information content (AvgIpc) is 2.80. The molecule has 3 rings (SSSR count). The second kappa shape index (κ2) is 11.0. The molecule has 0 atom stereocenters. The monoisotopic (exact) mass is 482 g/mol. The molecule has 180 valence electrons. The molecule has 0 saturated carbocycles. The number of hydrogen-bond acceptors (Lipinski definition) is 7. The second-order valence-corrected chi connectivity index (χ2v) is 7.07. The molecule has 0 fully saturated rings. The Labute approximate surface area is 199 Å². The molecule has 0 aliphatic carbocycles. The van der Waals surface area contributed by atoms with Gasteiger partial charge in [-0.2, -0.15) is 0 Å². The molecule has 4 N–H and O–H groups in total. The largest absolute Gasteiger partial charge is 0.573 e. The number of anilines is 3. The first-order valence-corrected chi connectivity index (χ1v) is 10.1. The van der Waals surface area contributed by atoms with Crippen LogP contribution in [0.2, 0.25) is 0 Å². The van der Waals surface area contributed by atoms with Crippen LogP contribution in [0.25, 0.3) is 5.70 Å². The Morgan fingerprint density at radius 2 is 2.00 bits per heavy atom. The third kappa shape index (κ3) is 7.42. The number of carbonyl (C=O) groups is 1. The van der Waals surface area contributed by atoms with Gasteiger partial charge >= 0.3 is 6.36 Å². The van der Waals surface area contributed by atoms with Gasteiger partial charge in [0.05, 0.1) is 17.6 Å². The van der Waals surface area contributed by atoms with Crippen LogP contribution in [0.15, 0.2) is 78.6 Å². The van der Waals surface area contributed by atoms with Crippen LogP contribution in [-0.4, -0.2) is 28.5 Å². The molecular weight excluding hydrogens is 461 g/mol. The van der Waals surface area contributed by atoms with Crippen molar-refractivity contribution in [3.05, 3.63) is 90.4 Å². The van der Waals surface area contributed by atoms with Crippen LogP contribution in [-0.2, 0) is 0 Å². The average molecular weight is 482 g/mol. The first-order valence-electron chi connectivity index (χ1n) is 10.1. The molecule has 1 aromatic heterocycles. The van der Waals surface area contributed by atoms with Gasteiger partial charge in [-0.15, -0.1) is 13.2 Å². The van der Waals surface area contributed by atoms with Gasteiger partial charge in [0.15, 0.2) is 0 Å². The molecule has 1 heterocycles. The van der Waals surface area contributed by atoms with E-state index in [1.165, 1.54) is 36.8 Å². The van der Waals surface area contributed by atoms with Crippen LogP contribution in [0.3, 0.4) is 0 Å². The summed E-state index contributed by atoms with van der Waals surface area (Å²) in [6.07, 6.45) is 1.10. The van der Waals surface area contributed by atoms with Gasteiger partial charge in [-0.05, 0) is 48.9 Å². The summed E-state index contributed by atoms with van der Waals surface area (Å²) in [6, 6.07) is 11.5. The van der Waals surface area contributed by atoms with E-state index in [9.17, 15) is 18.0 Å². The van der Waals surface area contributed by atoms with Gasteiger partial charge in [-0.1, -0.05) is 24.8 Å². The van der Waals surface area contributed by atoms with E-state index in [1.807, 2.05) is 6.92 Å². The summed E-state index contributed by atoms with van der Waals surface area (Å²) < 4.78 is 41.3. The summed E-state index contributed by atoms with van der Waals surface area (Å²) in [5.74, 6) is -0.837. The SMILES string of the molecule is C=C/C=N\C=C(/N)c1ccnc(Nc2cc(NC(=O)c3cccc(OC(F)(F)F)c3)ccc2C)n1. The van der Waals surface area contributed by atoms with Crippen LogP contribution in [0.5, 0.6) is 5.75 Å². The first-order chi connectivity index (χ1) is 16.6. The van der Waals surface area contributed by atoms with Crippen molar-refractivity contribution in [3.63, 3.8) is 0 Å². The minimum absolute atomic E-state index is 0.000700. The number of benzene rings is 2. The number of alkyl halides is 3. The lowest BCUT2D eigenvalue weighted by Gasteiger charge is -2.13. The van der Waals surface area contributed by atoms with E-state index >= 15 is 0 Å². The highest BCUT2D eigenvalue weighted by molar-refractivity contribution is 6.04. The van der Waals surface area contributed by atoms with Crippen molar-refractivity contribution in [2.75, 3.05) is 10.6 Å². The van der Waals surface area contributed by atoms with E-state index in [2.05, 4.69) is 36.9 Å². The molecule has 0 aliphatic heterocycles. The topological polar surface area (TPSA) is 115 Å². The maximum atomic E-state index is 12.6. The highest BCUT2D eigenvalue weighted by atomic mass is 19.4. The third-order valence-corrected chi connectivity index (χ3v) is 4.43. The summed E-state index contributed by atoms with van der Waals surface area (Å²) in [5.41, 5.74) is 8.59. The Hall–Kier alpha value is -4.67. The third-order valence-electron chi connectivity index (χ3n) is 4.43. The number of halogens is 3. The van der Waals surface area contributed by atoms with Gasteiger partial charge in [-0.25, -0.2) is 9.97 Å². The minimum Gasteiger partial charge on any atom is -0.406 e. The molecule has 8 nitrogen and oxygen atoms in total. The highest BCUT2D eigenvalue weighted by Gasteiger charge is 2.31. The van der Waals surface area contributed by atoms with Gasteiger partial charge in [0.2, 0.25) is 5.95 Å². The fraction of sp³-hybridized carbons (Fsp3) is 0.0833. The van der Waals surface area contributed by atoms with Gasteiger partial charge in [-0.3, -0.25) is 9.79 Å². The van der Waals surface area contributed by atoms with E-state index in [0.29, 0.717) is 22.8 Å². The van der Waals surface area contributed by atoms with Gasteiger partial charge in [0.1, 0.15) is 5.75 Å². The number of hydrogen-bond donors (Lipinski definition) is 3. The van der Waals surface area contributed by atoms with Crippen LogP contribution in [0.4, 0.5) is 30.5 Å². The lowest BCUT2D eigenvalue weighted by atomic mass is 10.1. The Morgan fingerprint density at radius 3 is 2.74 bits per heavy atom. The van der Waals surface area contributed by atoms with Crippen molar-refractivity contribution in [1.29, 1.82) is 0 Å². The summed E-state index contributed by atoms with van der Waals surface area (Å²) >= 11 is 0. The Morgan fingerprint density at radius 1 is 1.20 bits per heavy atom. The maximum Gasteiger partial charge on any atom is 0.573 e. The molecule has 0 aliphatic rings. The van der Waals surface area contributed by atoms with Crippen molar-refractivity contribution in [2.45, 2.75) is 13.3 Å². The molecule has 0 radical (unpaired) electrons. The zero-order valence-electron chi connectivity index (χ0n) is 18.5. The lowest BCUT2D eigenvalue weighted by Crippen LogP contribution is -2.18. The fourth-order valence-corrected chi connectivity index (χ4v) is 2.82. The molecule has 0 unspecified atom stereocenters. The lowest BCUT2D eigenvalue weighted by molar-refractivity contribution is -0.274. The normalized spacial score (nSPS) is 11.8. The van der Waals surface area contributed by atoms with E-state index in [-0.39, 0.29) is 11.5 Å². The Kier molecular flexibility index (Phi) is 7.82. The van der Waals surface area contributed by atoms with E-state index in [1.54, 1.807) is 24.3 Å². The van der Waals surface area contributed by atoms with Crippen LogP contribution >= 0.6 is 0 Å². The quantitative estimate of drug-likeness (QED) is 0.381. The first kappa shape index (κ1) is 25.0. The van der Waals surface area contributed by atoms with E-state index in [4.69, 9.17) is 5.73 Å². The second-order valence-electron chi connectivity index (χ2n) is 7.07. The van der Waals surface area contributed by atoms with Crippen molar-refractivity contribution < 1.29 is 22.7 Å². The number of ether oxygens (including phenoxy) is 1. The molecule has 0 bridgehead atoms. The molecule has 0 spiro atoms. The molecule has 0 saturated heterocycles. The highest BCUT2D eigenvalue weighted by Crippen LogP contribution is 2.26. The van der Waals surface area contributed by atoms with Gasteiger partial charge in [0, 0.05) is 29.3 Å². The molecule has 3 aromatic rings. The van der Waals surface area contributed by atoms with Crippen molar-refractivity contribution in [3.8, 4) is 5.75 Å². The van der Waals surface area contributed by atoms with Crippen molar-refractivity contribution >= 4 is 35.1 Å². The van der Waals surface area contributed by atoms with Gasteiger partial charge < -0.3 is 21.1 Å². The van der Waals surface area contributed by atoms with Crippen LogP contribution in [0, 0.1) is 6.92 Å². The fourth-order valence-electron chi connectivity index (χ4n) is 2.82. The summed E-state index contributed by atoms with van der Waals surface area (Å²) in [4.78, 5) is 25.1. The van der Waals surface area contributed by atoms with Crippen molar-refractivity contribution in [1.82, 2.24) is 9.97 Å². The molecule has 35 heavy (non-hydrogen) atoms. The van der Waals surface area contributed by atoms with Crippen LogP contribution in [0.1, 0.15) is 21.6 Å². The summed E-state index contributed by atoms with van der Waals surface area (Å²) in [7, 11) is 0. The molecule has 1 amide bonds. The number of aryl methyl sites for hydroxylation is 1. The number of nitrogens with zero attached hydrogens (tertiary/aromatic N) is 3. The minimum atomic E-state index is -4.86. The van der Waals surface area contributed by atoms with E-state index in [0.717, 1.165) is 17.7 Å². The number of amides is 1. The zero-order valence-corrected chi connectivity index (χ0v) is 18.5. The number of nitrogens with one attached hydrogen (secondary N) is 2. The number of nitrogens with two attached hydrogens (primary N) is 1. The maximum absolute atomic E-state index is 12.6. The molecule has 2 aromatic carbocycles. The summed E-state index contributed by atoms with van der Waals surface area (Å²) in [6.45, 7) is 5.37. The van der Waals surface area contributed by atoms with Crippen molar-refractivity contribution in [2.24, 2.45) is 10.7 Å². The van der Waals surface area contributed by atoms with Gasteiger partial charge in [0.25, 0.3) is 5.91 Å². The standard InChI is InChI=1S/C24H21F3N6O2/c1-3-10-29-14-19(28)20-9-11-30-23(32-20)33-21-13-17(8-7-15(21)2)31-22(34)16-5-4-6-18(12-16)35-24(25,26)27/h3-14H,1,28H2,2H3,(H,31,34)(H,30,32,33)/b19-14-,29-10-. The van der Waals surface area contributed by atoms with Crippen LogP contribution < -0.4 is 21.1 Å². The number of aliphatic imine (C=N–C) groups is 1. The number of carbonyl (C=O) groups excluding carboxylic acids is 1. The smallest absolute Gasteiger partial charge is 0.406 e. The number of allylic oxidation sites excluding steroid dienone is 1. The summed E-state index contributed by atoms with van der Waals surface area (Å²) in [5, 5.41) is 5.72. The van der Waals surface area contributed by atoms with E-state index < -0.39 is 18.0 Å². The predicted molar refractivity (Wildman–Crippen MR) is 128 cm³/mol. The number of aromatic nitrogens is 2. The number of rotatable bonds is 8. The zero-order chi connectivity index (χ0) is 25.4. The Balaban J connectivity index is 1.77. The predicted octanol–water partition coefficient (Wildman–Crippen LogP) is 5.19.